The molecule has 0 heterocycles. The van der Waals surface area contributed by atoms with Crippen molar-refractivity contribution in [3.8, 4) is 0 Å². The van der Waals surface area contributed by atoms with Gasteiger partial charge in [-0.15, -0.1) is 5.10 Å². The van der Waals surface area contributed by atoms with Gasteiger partial charge in [-0.2, -0.15) is 0 Å². The zero-order chi connectivity index (χ0) is 19.6. The summed E-state index contributed by atoms with van der Waals surface area (Å²) in [7, 11) is 1.57. The van der Waals surface area contributed by atoms with Crippen molar-refractivity contribution in [2.75, 3.05) is 20.2 Å². The van der Waals surface area contributed by atoms with Crippen LogP contribution in [-0.2, 0) is 25.5 Å². The summed E-state index contributed by atoms with van der Waals surface area (Å²) >= 11 is 0. The van der Waals surface area contributed by atoms with Crippen LogP contribution in [0.15, 0.2) is 35.4 Å². The molecule has 1 rings (SSSR count). The van der Waals surface area contributed by atoms with E-state index < -0.39 is 17.7 Å². The minimum absolute atomic E-state index is 0.0742. The first-order valence-electron chi connectivity index (χ1n) is 8.33. The van der Waals surface area contributed by atoms with E-state index in [0.717, 1.165) is 5.56 Å². The highest BCUT2D eigenvalue weighted by Crippen LogP contribution is 2.08. The van der Waals surface area contributed by atoms with Crippen LogP contribution >= 0.6 is 0 Å². The van der Waals surface area contributed by atoms with Gasteiger partial charge >= 0.3 is 18.1 Å². The number of hydrogen-bond acceptors (Lipinski definition) is 7. The fraction of sp³-hybridized carbons (Fsp3) is 0.500. The highest BCUT2D eigenvalue weighted by molar-refractivity contribution is 5.84. The highest BCUT2D eigenvalue weighted by atomic mass is 16.7. The SMILES string of the molecule is CCOC(=O)CN(C)N=C(NCc1ccccc1)OC(=O)OC(C)(C)C. The molecule has 0 saturated heterocycles. The minimum atomic E-state index is -0.888. The Morgan fingerprint density at radius 1 is 1.19 bits per heavy atom. The number of hydrogen-bond donors (Lipinski definition) is 1. The Morgan fingerprint density at radius 3 is 2.42 bits per heavy atom. The van der Waals surface area contributed by atoms with Crippen LogP contribution < -0.4 is 5.32 Å². The molecular weight excluding hydrogens is 338 g/mol. The van der Waals surface area contributed by atoms with E-state index in [1.165, 1.54) is 5.01 Å². The van der Waals surface area contributed by atoms with Crippen molar-refractivity contribution in [1.82, 2.24) is 10.3 Å². The van der Waals surface area contributed by atoms with Crippen molar-refractivity contribution >= 4 is 18.1 Å². The summed E-state index contributed by atoms with van der Waals surface area (Å²) in [5.74, 6) is -0.432. The van der Waals surface area contributed by atoms with Gasteiger partial charge in [0.25, 0.3) is 0 Å². The third-order valence-corrected chi connectivity index (χ3v) is 2.78. The summed E-state index contributed by atoms with van der Waals surface area (Å²) in [6, 6.07) is 9.46. The number of carbonyl (C=O) groups is 2. The largest absolute Gasteiger partial charge is 0.516 e. The maximum atomic E-state index is 11.9. The number of ether oxygens (including phenoxy) is 3. The molecular formula is C18H27N3O5. The Labute approximate surface area is 154 Å². The second-order valence-corrected chi connectivity index (χ2v) is 6.43. The van der Waals surface area contributed by atoms with E-state index in [-0.39, 0.29) is 19.2 Å². The van der Waals surface area contributed by atoms with E-state index in [0.29, 0.717) is 6.54 Å². The molecule has 0 saturated carbocycles. The molecule has 1 N–H and O–H groups in total. The quantitative estimate of drug-likeness (QED) is 0.358. The molecule has 0 amide bonds. The van der Waals surface area contributed by atoms with E-state index in [2.05, 4.69) is 10.4 Å². The van der Waals surface area contributed by atoms with Crippen LogP contribution in [0.1, 0.15) is 33.3 Å². The molecule has 0 aliphatic rings. The van der Waals surface area contributed by atoms with E-state index in [9.17, 15) is 9.59 Å². The molecule has 0 unspecified atom stereocenters. The Morgan fingerprint density at radius 2 is 1.85 bits per heavy atom. The number of rotatable bonds is 6. The van der Waals surface area contributed by atoms with E-state index in [1.807, 2.05) is 30.3 Å². The first-order valence-corrected chi connectivity index (χ1v) is 8.33. The highest BCUT2D eigenvalue weighted by Gasteiger charge is 2.20. The summed E-state index contributed by atoms with van der Waals surface area (Å²) in [6.07, 6.45) is -0.888. The smallest absolute Gasteiger partial charge is 0.465 e. The lowest BCUT2D eigenvalue weighted by atomic mass is 10.2. The number of esters is 1. The van der Waals surface area contributed by atoms with Crippen molar-refractivity contribution in [2.45, 2.75) is 39.8 Å². The molecule has 0 bridgehead atoms. The third kappa shape index (κ3) is 9.51. The normalized spacial score (nSPS) is 11.5. The van der Waals surface area contributed by atoms with Gasteiger partial charge in [-0.1, -0.05) is 30.3 Å². The molecule has 26 heavy (non-hydrogen) atoms. The molecule has 1 aromatic rings. The lowest BCUT2D eigenvalue weighted by Gasteiger charge is -2.20. The summed E-state index contributed by atoms with van der Waals surface area (Å²) in [5, 5.41) is 8.34. The van der Waals surface area contributed by atoms with Gasteiger partial charge in [-0.25, -0.2) is 4.79 Å². The lowest BCUT2D eigenvalue weighted by Crippen LogP contribution is -2.34. The lowest BCUT2D eigenvalue weighted by molar-refractivity contribution is -0.144. The second-order valence-electron chi connectivity index (χ2n) is 6.43. The first kappa shape index (κ1) is 21.3. The maximum absolute atomic E-state index is 11.9. The monoisotopic (exact) mass is 365 g/mol. The Hall–Kier alpha value is -2.77. The van der Waals surface area contributed by atoms with Gasteiger partial charge in [0.2, 0.25) is 0 Å². The maximum Gasteiger partial charge on any atom is 0.516 e. The van der Waals surface area contributed by atoms with Crippen molar-refractivity contribution < 1.29 is 23.8 Å². The summed E-state index contributed by atoms with van der Waals surface area (Å²) in [6.45, 7) is 7.50. The van der Waals surface area contributed by atoms with Gasteiger partial charge in [0, 0.05) is 13.6 Å². The van der Waals surface area contributed by atoms with E-state index >= 15 is 0 Å². The zero-order valence-electron chi connectivity index (χ0n) is 15.9. The van der Waals surface area contributed by atoms with Gasteiger partial charge in [-0.05, 0) is 33.3 Å². The van der Waals surface area contributed by atoms with Crippen molar-refractivity contribution in [1.29, 1.82) is 0 Å². The Balaban J connectivity index is 2.77. The molecule has 8 heteroatoms. The number of likely N-dealkylation sites (N-methyl/N-ethyl adjacent to an activating group) is 1. The molecule has 0 aromatic heterocycles. The predicted molar refractivity (Wildman–Crippen MR) is 97.3 cm³/mol. The van der Waals surface area contributed by atoms with Gasteiger partial charge < -0.3 is 19.5 Å². The Bertz CT molecular complexity index is 611. The summed E-state index contributed by atoms with van der Waals surface area (Å²) in [5.41, 5.74) is 0.277. The molecule has 0 spiro atoms. The fourth-order valence-corrected chi connectivity index (χ4v) is 1.80. The van der Waals surface area contributed by atoms with Crippen LogP contribution in [0.3, 0.4) is 0 Å². The summed E-state index contributed by atoms with van der Waals surface area (Å²) < 4.78 is 15.1. The van der Waals surface area contributed by atoms with Crippen LogP contribution in [0.2, 0.25) is 0 Å². The van der Waals surface area contributed by atoms with Crippen LogP contribution in [0.5, 0.6) is 0 Å². The number of amidine groups is 1. The molecule has 0 aliphatic heterocycles. The first-order chi connectivity index (χ1) is 12.2. The zero-order valence-corrected chi connectivity index (χ0v) is 15.9. The molecule has 1 aromatic carbocycles. The Kier molecular flexibility index (Phi) is 8.41. The molecule has 8 nitrogen and oxygen atoms in total. The van der Waals surface area contributed by atoms with Crippen LogP contribution in [0, 0.1) is 0 Å². The number of benzene rings is 1. The minimum Gasteiger partial charge on any atom is -0.465 e. The number of hydrazone groups is 1. The van der Waals surface area contributed by atoms with Crippen LogP contribution in [0.25, 0.3) is 0 Å². The van der Waals surface area contributed by atoms with Crippen LogP contribution in [-0.4, -0.2) is 49.0 Å². The summed E-state index contributed by atoms with van der Waals surface area (Å²) in [4.78, 5) is 23.4. The molecule has 0 radical (unpaired) electrons. The second kappa shape index (κ2) is 10.3. The standard InChI is InChI=1S/C18H27N3O5/c1-6-24-15(22)13-21(5)20-16(25-17(23)26-18(2,3)4)19-12-14-10-8-7-9-11-14/h7-11H,6,12-13H2,1-5H3,(H,19,20). The fourth-order valence-electron chi connectivity index (χ4n) is 1.80. The van der Waals surface area contributed by atoms with Crippen molar-refractivity contribution in [2.24, 2.45) is 5.10 Å². The predicted octanol–water partition coefficient (Wildman–Crippen LogP) is 2.49. The van der Waals surface area contributed by atoms with Gasteiger partial charge in [0.1, 0.15) is 12.1 Å². The van der Waals surface area contributed by atoms with Crippen molar-refractivity contribution in [3.05, 3.63) is 35.9 Å². The molecule has 0 fully saturated rings. The number of nitrogens with one attached hydrogen (secondary N) is 1. The van der Waals surface area contributed by atoms with Gasteiger partial charge in [0.15, 0.2) is 0 Å². The van der Waals surface area contributed by atoms with E-state index in [1.54, 1.807) is 34.7 Å². The third-order valence-electron chi connectivity index (χ3n) is 2.78. The molecule has 0 aliphatic carbocycles. The van der Waals surface area contributed by atoms with Crippen LogP contribution in [0.4, 0.5) is 4.79 Å². The van der Waals surface area contributed by atoms with Gasteiger partial charge in [-0.3, -0.25) is 9.80 Å². The van der Waals surface area contributed by atoms with E-state index in [4.69, 9.17) is 14.2 Å². The molecule has 144 valence electrons. The number of nitrogens with zero attached hydrogens (tertiary/aromatic N) is 2. The average molecular weight is 365 g/mol. The average Bonchev–Trinajstić information content (AvgIpc) is 2.51. The molecule has 0 atom stereocenters. The van der Waals surface area contributed by atoms with Crippen molar-refractivity contribution in [3.63, 3.8) is 0 Å². The topological polar surface area (TPSA) is 89.5 Å². The van der Waals surface area contributed by atoms with Gasteiger partial charge in [0.05, 0.1) is 6.61 Å². The number of carbonyl (C=O) groups excluding carboxylic acids is 2.